The molecule has 1 atom stereocenters. The highest BCUT2D eigenvalue weighted by molar-refractivity contribution is 5.95. The molecule has 0 radical (unpaired) electrons. The Morgan fingerprint density at radius 3 is 2.72 bits per heavy atom. The predicted molar refractivity (Wildman–Crippen MR) is 97.2 cm³/mol. The number of carbonyl (C=O) groups is 1. The van der Waals surface area contributed by atoms with Crippen LogP contribution >= 0.6 is 0 Å². The van der Waals surface area contributed by atoms with Gasteiger partial charge in [0, 0.05) is 18.8 Å². The summed E-state index contributed by atoms with van der Waals surface area (Å²) in [6, 6.07) is 19.0. The van der Waals surface area contributed by atoms with Crippen LogP contribution in [-0.4, -0.2) is 17.4 Å². The Morgan fingerprint density at radius 1 is 1.08 bits per heavy atom. The minimum atomic E-state index is -0.304. The highest BCUT2D eigenvalue weighted by Gasteiger charge is 2.18. The quantitative estimate of drug-likeness (QED) is 0.600. The molecule has 2 aromatic carbocycles. The fourth-order valence-electron chi connectivity index (χ4n) is 2.91. The molecule has 3 N–H and O–H groups in total. The smallest absolute Gasteiger partial charge is 0.287 e. The number of aromatic nitrogens is 1. The van der Waals surface area contributed by atoms with Gasteiger partial charge in [-0.15, -0.1) is 0 Å². The molecule has 0 saturated carbocycles. The highest BCUT2D eigenvalue weighted by Crippen LogP contribution is 2.21. The lowest BCUT2D eigenvalue weighted by Gasteiger charge is -2.17. The van der Waals surface area contributed by atoms with Gasteiger partial charge in [-0.25, -0.2) is 0 Å². The summed E-state index contributed by atoms with van der Waals surface area (Å²) in [5, 5.41) is 5.20. The third-order valence-corrected chi connectivity index (χ3v) is 4.23. The maximum Gasteiger partial charge on any atom is 0.287 e. The first-order valence-electron chi connectivity index (χ1n) is 8.09. The van der Waals surface area contributed by atoms with Crippen molar-refractivity contribution in [1.29, 1.82) is 0 Å². The SMILES string of the molecule is NCC(NC(=O)c1cc2ncccc2o1)c1ccc2ccccc2c1. The molecule has 0 spiro atoms. The van der Waals surface area contributed by atoms with Crippen LogP contribution in [0.3, 0.4) is 0 Å². The summed E-state index contributed by atoms with van der Waals surface area (Å²) in [5.41, 5.74) is 8.10. The third kappa shape index (κ3) is 2.97. The van der Waals surface area contributed by atoms with Crippen molar-refractivity contribution in [2.75, 3.05) is 6.54 Å². The first kappa shape index (κ1) is 15.4. The molecule has 124 valence electrons. The summed E-state index contributed by atoms with van der Waals surface area (Å²) >= 11 is 0. The number of benzene rings is 2. The summed E-state index contributed by atoms with van der Waals surface area (Å²) in [6.45, 7) is 0.294. The predicted octanol–water partition coefficient (Wildman–Crippen LogP) is 3.41. The molecule has 0 aliphatic heterocycles. The molecule has 0 aliphatic rings. The Balaban J connectivity index is 1.60. The summed E-state index contributed by atoms with van der Waals surface area (Å²) in [5.74, 6) is -0.0745. The topological polar surface area (TPSA) is 81.1 Å². The summed E-state index contributed by atoms with van der Waals surface area (Å²) in [7, 11) is 0. The summed E-state index contributed by atoms with van der Waals surface area (Å²) < 4.78 is 5.57. The minimum absolute atomic E-state index is 0.230. The zero-order valence-corrected chi connectivity index (χ0v) is 13.5. The fourth-order valence-corrected chi connectivity index (χ4v) is 2.91. The average molecular weight is 331 g/mol. The number of carbonyl (C=O) groups excluding carboxylic acids is 1. The number of furan rings is 1. The van der Waals surface area contributed by atoms with Crippen molar-refractivity contribution in [3.63, 3.8) is 0 Å². The molecular weight excluding hydrogens is 314 g/mol. The minimum Gasteiger partial charge on any atom is -0.449 e. The maximum absolute atomic E-state index is 12.5. The molecule has 4 aromatic rings. The molecule has 5 nitrogen and oxygen atoms in total. The molecule has 0 aliphatic carbocycles. The van der Waals surface area contributed by atoms with E-state index in [1.807, 2.05) is 36.4 Å². The lowest BCUT2D eigenvalue weighted by Crippen LogP contribution is -2.33. The van der Waals surface area contributed by atoms with Crippen molar-refractivity contribution in [2.24, 2.45) is 5.73 Å². The van der Waals surface area contributed by atoms with Crippen molar-refractivity contribution in [3.05, 3.63) is 78.2 Å². The molecule has 5 heteroatoms. The number of nitrogens with zero attached hydrogens (tertiary/aromatic N) is 1. The van der Waals surface area contributed by atoms with Crippen LogP contribution in [0.25, 0.3) is 21.9 Å². The van der Waals surface area contributed by atoms with Crippen LogP contribution in [0, 0.1) is 0 Å². The fraction of sp³-hybridized carbons (Fsp3) is 0.100. The lowest BCUT2D eigenvalue weighted by molar-refractivity contribution is 0.0912. The van der Waals surface area contributed by atoms with E-state index >= 15 is 0 Å². The molecule has 25 heavy (non-hydrogen) atoms. The number of fused-ring (bicyclic) bond motifs is 2. The standard InChI is InChI=1S/C20H17N3O2/c21-12-17(15-8-7-13-4-1-2-5-14(13)10-15)23-20(24)19-11-16-18(25-19)6-3-9-22-16/h1-11,17H,12,21H2,(H,23,24). The third-order valence-electron chi connectivity index (χ3n) is 4.23. The Morgan fingerprint density at radius 2 is 1.92 bits per heavy atom. The van der Waals surface area contributed by atoms with Gasteiger partial charge in [-0.05, 0) is 34.5 Å². The molecule has 0 bridgehead atoms. The van der Waals surface area contributed by atoms with Crippen molar-refractivity contribution in [2.45, 2.75) is 6.04 Å². The van der Waals surface area contributed by atoms with Gasteiger partial charge in [0.05, 0.1) is 6.04 Å². The van der Waals surface area contributed by atoms with Crippen LogP contribution in [0.2, 0.25) is 0 Å². The molecule has 1 amide bonds. The average Bonchev–Trinajstić information content (AvgIpc) is 3.10. The Kier molecular flexibility index (Phi) is 3.91. The van der Waals surface area contributed by atoms with Gasteiger partial charge in [0.25, 0.3) is 5.91 Å². The van der Waals surface area contributed by atoms with E-state index in [-0.39, 0.29) is 17.7 Å². The van der Waals surface area contributed by atoms with Crippen LogP contribution in [0.4, 0.5) is 0 Å². The van der Waals surface area contributed by atoms with Gasteiger partial charge >= 0.3 is 0 Å². The van der Waals surface area contributed by atoms with E-state index < -0.39 is 0 Å². The molecule has 0 saturated heterocycles. The van der Waals surface area contributed by atoms with E-state index in [1.165, 1.54) is 0 Å². The summed E-state index contributed by atoms with van der Waals surface area (Å²) in [4.78, 5) is 16.7. The second kappa shape index (κ2) is 6.37. The molecule has 0 fully saturated rings. The molecule has 2 aromatic heterocycles. The van der Waals surface area contributed by atoms with Gasteiger partial charge in [-0.3, -0.25) is 9.78 Å². The molecule has 4 rings (SSSR count). The first-order chi connectivity index (χ1) is 12.2. The maximum atomic E-state index is 12.5. The Bertz CT molecular complexity index is 1020. The number of amides is 1. The number of pyridine rings is 1. The number of nitrogens with one attached hydrogen (secondary N) is 1. The molecule has 2 heterocycles. The Hall–Kier alpha value is -3.18. The monoisotopic (exact) mass is 331 g/mol. The van der Waals surface area contributed by atoms with Crippen molar-refractivity contribution >= 4 is 27.8 Å². The van der Waals surface area contributed by atoms with Crippen molar-refractivity contribution in [1.82, 2.24) is 10.3 Å². The second-order valence-corrected chi connectivity index (χ2v) is 5.87. The van der Waals surface area contributed by atoms with Gasteiger partial charge in [-0.1, -0.05) is 36.4 Å². The number of hydrogen-bond donors (Lipinski definition) is 2. The number of nitrogens with two attached hydrogens (primary N) is 1. The lowest BCUT2D eigenvalue weighted by atomic mass is 10.0. The Labute approximate surface area is 144 Å². The highest BCUT2D eigenvalue weighted by atomic mass is 16.3. The van der Waals surface area contributed by atoms with Crippen LogP contribution in [-0.2, 0) is 0 Å². The zero-order chi connectivity index (χ0) is 17.2. The summed E-state index contributed by atoms with van der Waals surface area (Å²) in [6.07, 6.45) is 1.66. The van der Waals surface area contributed by atoms with Gasteiger partial charge < -0.3 is 15.5 Å². The van der Waals surface area contributed by atoms with Gasteiger partial charge in [-0.2, -0.15) is 0 Å². The molecule has 1 unspecified atom stereocenters. The number of rotatable bonds is 4. The van der Waals surface area contributed by atoms with Crippen molar-refractivity contribution in [3.8, 4) is 0 Å². The first-order valence-corrected chi connectivity index (χ1v) is 8.09. The largest absolute Gasteiger partial charge is 0.449 e. The molecular formula is C20H17N3O2. The van der Waals surface area contributed by atoms with Crippen LogP contribution in [0.1, 0.15) is 22.2 Å². The van der Waals surface area contributed by atoms with Crippen LogP contribution in [0.15, 0.2) is 71.3 Å². The normalized spacial score (nSPS) is 12.4. The van der Waals surface area contributed by atoms with E-state index in [0.717, 1.165) is 16.3 Å². The zero-order valence-electron chi connectivity index (χ0n) is 13.5. The van der Waals surface area contributed by atoms with E-state index in [2.05, 4.69) is 16.4 Å². The number of hydrogen-bond acceptors (Lipinski definition) is 4. The van der Waals surface area contributed by atoms with Crippen LogP contribution < -0.4 is 11.1 Å². The second-order valence-electron chi connectivity index (χ2n) is 5.87. The van der Waals surface area contributed by atoms with Crippen molar-refractivity contribution < 1.29 is 9.21 Å². The van der Waals surface area contributed by atoms with E-state index in [9.17, 15) is 4.79 Å². The van der Waals surface area contributed by atoms with Gasteiger partial charge in [0.1, 0.15) is 5.52 Å². The van der Waals surface area contributed by atoms with Crippen LogP contribution in [0.5, 0.6) is 0 Å². The van der Waals surface area contributed by atoms with E-state index in [4.69, 9.17) is 10.2 Å². The van der Waals surface area contributed by atoms with Gasteiger partial charge in [0.2, 0.25) is 0 Å². The van der Waals surface area contributed by atoms with E-state index in [1.54, 1.807) is 24.4 Å². The van der Waals surface area contributed by atoms with E-state index in [0.29, 0.717) is 17.6 Å². The van der Waals surface area contributed by atoms with Gasteiger partial charge in [0.15, 0.2) is 11.3 Å².